The van der Waals surface area contributed by atoms with Crippen LogP contribution in [0.4, 0.5) is 34.0 Å². The number of hydrogen-bond acceptors (Lipinski definition) is 4. The van der Waals surface area contributed by atoms with Crippen molar-refractivity contribution in [1.29, 1.82) is 0 Å². The Morgan fingerprint density at radius 1 is 1.33 bits per heavy atom. The monoisotopic (exact) mass is 389 g/mol. The van der Waals surface area contributed by atoms with E-state index < -0.39 is 29.7 Å². The van der Waals surface area contributed by atoms with Gasteiger partial charge in [0.25, 0.3) is 0 Å². The van der Waals surface area contributed by atoms with Crippen LogP contribution in [-0.2, 0) is 0 Å². The van der Waals surface area contributed by atoms with Gasteiger partial charge in [-0.2, -0.15) is 18.2 Å². The van der Waals surface area contributed by atoms with E-state index in [-0.39, 0.29) is 30.2 Å². The predicted molar refractivity (Wildman–Crippen MR) is 89.6 cm³/mol. The Kier molecular flexibility index (Phi) is 4.43. The van der Waals surface area contributed by atoms with Gasteiger partial charge in [0.15, 0.2) is 11.5 Å². The highest BCUT2D eigenvalue weighted by Gasteiger charge is 2.47. The molecule has 0 saturated carbocycles. The first-order valence-corrected chi connectivity index (χ1v) is 8.32. The summed E-state index contributed by atoms with van der Waals surface area (Å²) in [6.45, 7) is 4.92. The molecule has 0 spiro atoms. The zero-order valence-electron chi connectivity index (χ0n) is 15.0. The van der Waals surface area contributed by atoms with Gasteiger partial charge in [-0.15, -0.1) is 5.10 Å². The number of amides is 1. The smallest absolute Gasteiger partial charge is 0.412 e. The Labute approximate surface area is 152 Å². The molecule has 1 amide bonds. The largest absolute Gasteiger partial charge is 0.465 e. The highest BCUT2D eigenvalue weighted by atomic mass is 19.4. The van der Waals surface area contributed by atoms with Gasteiger partial charge in [0.05, 0.1) is 11.9 Å². The Balaban J connectivity index is 2.06. The molecule has 148 valence electrons. The Morgan fingerprint density at radius 3 is 2.56 bits per heavy atom. The summed E-state index contributed by atoms with van der Waals surface area (Å²) in [5, 5.41) is 13.4. The van der Waals surface area contributed by atoms with Crippen molar-refractivity contribution in [3.8, 4) is 0 Å². The third kappa shape index (κ3) is 3.50. The molecule has 2 aromatic heterocycles. The number of anilines is 2. The Hall–Kier alpha value is -2.59. The van der Waals surface area contributed by atoms with Gasteiger partial charge in [-0.1, -0.05) is 0 Å². The average molecular weight is 389 g/mol. The van der Waals surface area contributed by atoms with Crippen LogP contribution in [0.3, 0.4) is 0 Å². The maximum absolute atomic E-state index is 14.5. The molecule has 7 nitrogen and oxygen atoms in total. The van der Waals surface area contributed by atoms with Gasteiger partial charge in [0.1, 0.15) is 6.04 Å². The molecule has 1 atom stereocenters. The first-order valence-electron chi connectivity index (χ1n) is 8.32. The van der Waals surface area contributed by atoms with Crippen molar-refractivity contribution in [3.63, 3.8) is 0 Å². The number of carboxylic acid groups (broad SMARTS) is 1. The molecule has 1 aliphatic rings. The summed E-state index contributed by atoms with van der Waals surface area (Å²) in [6, 6.07) is -0.520. The van der Waals surface area contributed by atoms with Crippen molar-refractivity contribution in [2.45, 2.75) is 51.4 Å². The summed E-state index contributed by atoms with van der Waals surface area (Å²) in [7, 11) is 0. The molecule has 0 aliphatic carbocycles. The number of halogens is 4. The van der Waals surface area contributed by atoms with Crippen LogP contribution in [0.2, 0.25) is 0 Å². The van der Waals surface area contributed by atoms with Gasteiger partial charge in [-0.3, -0.25) is 4.90 Å². The summed E-state index contributed by atoms with van der Waals surface area (Å²) in [5.41, 5.74) is -1.12. The van der Waals surface area contributed by atoms with Crippen molar-refractivity contribution < 1.29 is 27.5 Å². The number of carbonyl (C=O) groups is 1. The Morgan fingerprint density at radius 2 is 2.00 bits per heavy atom. The van der Waals surface area contributed by atoms with Crippen LogP contribution in [0.25, 0.3) is 5.65 Å². The fourth-order valence-corrected chi connectivity index (χ4v) is 3.27. The number of hydrogen-bond donors (Lipinski definition) is 1. The molecule has 2 aromatic rings. The van der Waals surface area contributed by atoms with Gasteiger partial charge in [-0.25, -0.2) is 13.7 Å². The summed E-state index contributed by atoms with van der Waals surface area (Å²) in [4.78, 5) is 17.5. The van der Waals surface area contributed by atoms with Crippen molar-refractivity contribution in [1.82, 2.24) is 14.6 Å². The third-order valence-corrected chi connectivity index (χ3v) is 4.38. The lowest BCUT2D eigenvalue weighted by Gasteiger charge is -2.33. The lowest BCUT2D eigenvalue weighted by atomic mass is 10.1. The van der Waals surface area contributed by atoms with Crippen LogP contribution in [0.15, 0.2) is 12.3 Å². The van der Waals surface area contributed by atoms with Gasteiger partial charge >= 0.3 is 12.3 Å². The van der Waals surface area contributed by atoms with E-state index >= 15 is 0 Å². The van der Waals surface area contributed by atoms with E-state index in [0.29, 0.717) is 6.42 Å². The SMILES string of the molecule is CC(C)(C)N(C(=O)O)c1cc2nc(N3CCC[C@@H]3C(F)(F)F)nn2cc1F. The van der Waals surface area contributed by atoms with Crippen LogP contribution in [0.5, 0.6) is 0 Å². The highest BCUT2D eigenvalue weighted by Crippen LogP contribution is 2.35. The molecule has 0 aromatic carbocycles. The van der Waals surface area contributed by atoms with Crippen LogP contribution < -0.4 is 9.80 Å². The Bertz CT molecular complexity index is 874. The second kappa shape index (κ2) is 6.24. The summed E-state index contributed by atoms with van der Waals surface area (Å²) in [5.74, 6) is -1.03. The van der Waals surface area contributed by atoms with Crippen molar-refractivity contribution >= 4 is 23.4 Å². The van der Waals surface area contributed by atoms with E-state index in [1.165, 1.54) is 6.07 Å². The minimum atomic E-state index is -4.42. The van der Waals surface area contributed by atoms with E-state index in [1.807, 2.05) is 0 Å². The van der Waals surface area contributed by atoms with Gasteiger partial charge in [-0.05, 0) is 33.6 Å². The van der Waals surface area contributed by atoms with Crippen molar-refractivity contribution in [3.05, 3.63) is 18.1 Å². The zero-order valence-corrected chi connectivity index (χ0v) is 15.0. The average Bonchev–Trinajstić information content (AvgIpc) is 3.10. The first-order chi connectivity index (χ1) is 12.4. The van der Waals surface area contributed by atoms with Crippen LogP contribution in [0.1, 0.15) is 33.6 Å². The predicted octanol–water partition coefficient (Wildman–Crippen LogP) is 3.68. The minimum Gasteiger partial charge on any atom is -0.465 e. The molecular formula is C16H19F4N5O2. The molecule has 0 bridgehead atoms. The molecule has 3 rings (SSSR count). The highest BCUT2D eigenvalue weighted by molar-refractivity contribution is 5.88. The van der Waals surface area contributed by atoms with Gasteiger partial charge in [0, 0.05) is 18.2 Å². The second-order valence-corrected chi connectivity index (χ2v) is 7.40. The van der Waals surface area contributed by atoms with Crippen molar-refractivity contribution in [2.75, 3.05) is 16.3 Å². The topological polar surface area (TPSA) is 74.0 Å². The van der Waals surface area contributed by atoms with Crippen LogP contribution in [0, 0.1) is 5.82 Å². The van der Waals surface area contributed by atoms with E-state index in [1.54, 1.807) is 20.8 Å². The number of aromatic nitrogens is 3. The summed E-state index contributed by atoms with van der Waals surface area (Å²) < 4.78 is 55.1. The molecule has 1 fully saturated rings. The lowest BCUT2D eigenvalue weighted by molar-refractivity contribution is -0.146. The van der Waals surface area contributed by atoms with E-state index in [4.69, 9.17) is 0 Å². The van der Waals surface area contributed by atoms with Crippen LogP contribution >= 0.6 is 0 Å². The number of rotatable bonds is 2. The quantitative estimate of drug-likeness (QED) is 0.794. The molecule has 0 radical (unpaired) electrons. The maximum Gasteiger partial charge on any atom is 0.412 e. The second-order valence-electron chi connectivity index (χ2n) is 7.40. The van der Waals surface area contributed by atoms with E-state index in [0.717, 1.165) is 20.5 Å². The maximum atomic E-state index is 14.5. The first kappa shape index (κ1) is 19.2. The van der Waals surface area contributed by atoms with E-state index in [9.17, 15) is 27.5 Å². The summed E-state index contributed by atoms with van der Waals surface area (Å²) >= 11 is 0. The fraction of sp³-hybridized carbons (Fsp3) is 0.562. The third-order valence-electron chi connectivity index (χ3n) is 4.38. The molecule has 27 heavy (non-hydrogen) atoms. The standard InChI is InChI=1S/C16H19F4N5O2/c1-15(2,3)25(14(26)27)10-7-12-21-13(22-24(12)8-9(10)17)23-6-4-5-11(23)16(18,19)20/h7-8,11H,4-6H2,1-3H3,(H,26,27)/t11-/m1/s1. The number of alkyl halides is 3. The molecular weight excluding hydrogens is 370 g/mol. The molecule has 1 aliphatic heterocycles. The van der Waals surface area contributed by atoms with Gasteiger partial charge < -0.3 is 10.0 Å². The number of nitrogens with zero attached hydrogens (tertiary/aromatic N) is 5. The minimum absolute atomic E-state index is 0.0599. The molecule has 11 heteroatoms. The number of fused-ring (bicyclic) bond motifs is 1. The van der Waals surface area contributed by atoms with Crippen LogP contribution in [-0.4, -0.2) is 50.1 Å². The molecule has 0 unspecified atom stereocenters. The number of pyridine rings is 1. The molecule has 3 heterocycles. The van der Waals surface area contributed by atoms with E-state index in [2.05, 4.69) is 10.1 Å². The molecule has 1 N–H and O–H groups in total. The van der Waals surface area contributed by atoms with Gasteiger partial charge in [0.2, 0.25) is 5.95 Å². The van der Waals surface area contributed by atoms with Crippen molar-refractivity contribution in [2.24, 2.45) is 0 Å². The normalized spacial score (nSPS) is 18.3. The zero-order chi connectivity index (χ0) is 20.1. The summed E-state index contributed by atoms with van der Waals surface area (Å²) in [6.07, 6.45) is -4.58. The lowest BCUT2D eigenvalue weighted by Crippen LogP contribution is -2.45. The fourth-order valence-electron chi connectivity index (χ4n) is 3.27. The molecule has 1 saturated heterocycles.